The zero-order valence-corrected chi connectivity index (χ0v) is 21.4. The van der Waals surface area contributed by atoms with E-state index in [9.17, 15) is 0 Å². The Kier molecular flexibility index (Phi) is 15.3. The number of hydrogen-bond acceptors (Lipinski definition) is 5. The van der Waals surface area contributed by atoms with Crippen molar-refractivity contribution in [2.75, 3.05) is 17.2 Å². The van der Waals surface area contributed by atoms with Crippen molar-refractivity contribution in [3.63, 3.8) is 0 Å². The number of nitrogens with zero attached hydrogens (tertiary/aromatic N) is 4. The molecule has 0 aliphatic carbocycles. The monoisotopic (exact) mass is 461 g/mol. The van der Waals surface area contributed by atoms with Gasteiger partial charge >= 0.3 is 0 Å². The van der Waals surface area contributed by atoms with Crippen LogP contribution in [0, 0.1) is 0 Å². The van der Waals surface area contributed by atoms with Crippen molar-refractivity contribution in [3.8, 4) is 0 Å². The van der Waals surface area contributed by atoms with Crippen molar-refractivity contribution >= 4 is 28.7 Å². The lowest BCUT2D eigenvalue weighted by atomic mass is 10.0. The van der Waals surface area contributed by atoms with Gasteiger partial charge in [-0.25, -0.2) is 15.0 Å². The summed E-state index contributed by atoms with van der Waals surface area (Å²) in [6.45, 7) is 3.24. The smallest absolute Gasteiger partial charge is 0.165 e. The van der Waals surface area contributed by atoms with Gasteiger partial charge in [-0.2, -0.15) is 11.8 Å². The fourth-order valence-electron chi connectivity index (χ4n) is 4.25. The van der Waals surface area contributed by atoms with E-state index in [4.69, 9.17) is 5.73 Å². The highest BCUT2D eigenvalue weighted by Gasteiger charge is 2.07. The molecule has 0 fully saturated rings. The number of thioether (sulfide) groups is 1. The van der Waals surface area contributed by atoms with Crippen LogP contribution >= 0.6 is 11.8 Å². The molecule has 0 saturated heterocycles. The van der Waals surface area contributed by atoms with E-state index < -0.39 is 0 Å². The molecule has 182 valence electrons. The minimum atomic E-state index is 0.464. The molecule has 6 heteroatoms. The zero-order valence-electron chi connectivity index (χ0n) is 20.6. The van der Waals surface area contributed by atoms with E-state index in [0.29, 0.717) is 11.3 Å². The highest BCUT2D eigenvalue weighted by molar-refractivity contribution is 7.99. The normalized spacial score (nSPS) is 11.5. The van der Waals surface area contributed by atoms with E-state index in [0.717, 1.165) is 18.6 Å². The molecule has 0 bridgehead atoms. The summed E-state index contributed by atoms with van der Waals surface area (Å²) in [5, 5.41) is 0. The van der Waals surface area contributed by atoms with Crippen molar-refractivity contribution in [1.29, 1.82) is 0 Å². The van der Waals surface area contributed by atoms with Crippen molar-refractivity contribution in [3.05, 3.63) is 12.7 Å². The van der Waals surface area contributed by atoms with Crippen LogP contribution in [0.2, 0.25) is 0 Å². The molecule has 32 heavy (non-hydrogen) atoms. The van der Waals surface area contributed by atoms with E-state index in [1.54, 1.807) is 0 Å². The molecule has 2 heterocycles. The summed E-state index contributed by atoms with van der Waals surface area (Å²) in [5.41, 5.74) is 7.41. The SMILES string of the molecule is CCCCCCCCCCCCCCCCCCSCCCn1cnc2c(N)ncnc21. The fourth-order valence-corrected chi connectivity index (χ4v) is 5.20. The maximum Gasteiger partial charge on any atom is 0.165 e. The summed E-state index contributed by atoms with van der Waals surface area (Å²) >= 11 is 2.08. The van der Waals surface area contributed by atoms with Crippen LogP contribution in [-0.2, 0) is 6.54 Å². The largest absolute Gasteiger partial charge is 0.382 e. The molecule has 0 aliphatic rings. The van der Waals surface area contributed by atoms with Crippen LogP contribution in [0.15, 0.2) is 12.7 Å². The number of fused-ring (bicyclic) bond motifs is 1. The Morgan fingerprint density at radius 2 is 1.22 bits per heavy atom. The Bertz CT molecular complexity index is 703. The Hall–Kier alpha value is -1.30. The molecule has 2 aromatic rings. The number of unbranched alkanes of at least 4 members (excludes halogenated alkanes) is 15. The summed E-state index contributed by atoms with van der Waals surface area (Å²) in [5.74, 6) is 2.95. The van der Waals surface area contributed by atoms with E-state index >= 15 is 0 Å². The van der Waals surface area contributed by atoms with Crippen LogP contribution in [0.4, 0.5) is 5.82 Å². The molecule has 0 atom stereocenters. The zero-order chi connectivity index (χ0) is 22.7. The maximum absolute atomic E-state index is 5.84. The standard InChI is InChI=1S/C26H47N5S/c1-2-3-4-5-6-7-8-9-10-11-12-13-14-15-16-17-20-32-21-18-19-31-23-30-24-25(27)28-22-29-26(24)31/h22-23H,2-21H2,1H3,(H2,27,28,29). The van der Waals surface area contributed by atoms with E-state index in [1.807, 2.05) is 6.33 Å². The number of aromatic nitrogens is 4. The van der Waals surface area contributed by atoms with Gasteiger partial charge in [0.25, 0.3) is 0 Å². The molecule has 5 nitrogen and oxygen atoms in total. The number of aryl methyl sites for hydroxylation is 1. The third-order valence-corrected chi connectivity index (χ3v) is 7.41. The van der Waals surface area contributed by atoms with Crippen LogP contribution in [0.3, 0.4) is 0 Å². The maximum atomic E-state index is 5.84. The third-order valence-electron chi connectivity index (χ3n) is 6.26. The molecule has 0 unspecified atom stereocenters. The summed E-state index contributed by atoms with van der Waals surface area (Å²) in [4.78, 5) is 12.6. The number of rotatable bonds is 21. The minimum absolute atomic E-state index is 0.464. The van der Waals surface area contributed by atoms with Crippen LogP contribution in [0.25, 0.3) is 11.2 Å². The van der Waals surface area contributed by atoms with Crippen molar-refractivity contribution < 1.29 is 0 Å². The predicted octanol–water partition coefficient (Wildman–Crippen LogP) is 7.79. The minimum Gasteiger partial charge on any atom is -0.382 e. The van der Waals surface area contributed by atoms with Gasteiger partial charge in [-0.15, -0.1) is 0 Å². The van der Waals surface area contributed by atoms with Gasteiger partial charge in [-0.05, 0) is 24.3 Å². The van der Waals surface area contributed by atoms with Crippen LogP contribution in [0.5, 0.6) is 0 Å². The van der Waals surface area contributed by atoms with Gasteiger partial charge in [0.1, 0.15) is 11.8 Å². The fraction of sp³-hybridized carbons (Fsp3) is 0.808. The second-order valence-corrected chi connectivity index (χ2v) is 10.4. The lowest BCUT2D eigenvalue weighted by Gasteiger charge is -2.05. The van der Waals surface area contributed by atoms with Gasteiger partial charge in [-0.1, -0.05) is 103 Å². The van der Waals surface area contributed by atoms with Crippen LogP contribution in [-0.4, -0.2) is 31.0 Å². The number of nitrogen functional groups attached to an aromatic ring is 1. The Morgan fingerprint density at radius 3 is 1.81 bits per heavy atom. The topological polar surface area (TPSA) is 69.6 Å². The average Bonchev–Trinajstić information content (AvgIpc) is 3.22. The summed E-state index contributed by atoms with van der Waals surface area (Å²) in [6, 6.07) is 0. The first kappa shape index (κ1) is 26.9. The molecule has 0 spiro atoms. The van der Waals surface area contributed by atoms with Crippen molar-refractivity contribution in [2.24, 2.45) is 0 Å². The van der Waals surface area contributed by atoms with E-state index in [2.05, 4.69) is 38.2 Å². The van der Waals surface area contributed by atoms with Crippen LogP contribution in [0.1, 0.15) is 116 Å². The highest BCUT2D eigenvalue weighted by atomic mass is 32.2. The van der Waals surface area contributed by atoms with Gasteiger partial charge in [0.2, 0.25) is 0 Å². The van der Waals surface area contributed by atoms with Gasteiger partial charge < -0.3 is 10.3 Å². The molecular weight excluding hydrogens is 414 g/mol. The molecule has 2 aromatic heterocycles. The first-order chi connectivity index (χ1) is 15.8. The molecule has 0 saturated carbocycles. The average molecular weight is 462 g/mol. The van der Waals surface area contributed by atoms with E-state index in [-0.39, 0.29) is 0 Å². The van der Waals surface area contributed by atoms with Crippen molar-refractivity contribution in [2.45, 2.75) is 123 Å². The second kappa shape index (κ2) is 18.2. The molecule has 2 N–H and O–H groups in total. The number of hydrogen-bond donors (Lipinski definition) is 1. The molecule has 0 aliphatic heterocycles. The number of anilines is 1. The first-order valence-electron chi connectivity index (χ1n) is 13.3. The van der Waals surface area contributed by atoms with Gasteiger partial charge in [-0.3, -0.25) is 0 Å². The van der Waals surface area contributed by atoms with Gasteiger partial charge in [0.05, 0.1) is 6.33 Å². The summed E-state index contributed by atoms with van der Waals surface area (Å²) in [7, 11) is 0. The quantitative estimate of drug-likeness (QED) is 0.192. The Balaban J connectivity index is 1.29. The molecule has 0 amide bonds. The third kappa shape index (κ3) is 11.5. The van der Waals surface area contributed by atoms with E-state index in [1.165, 1.54) is 121 Å². The Labute approximate surface area is 200 Å². The van der Waals surface area contributed by atoms with Gasteiger partial charge in [0.15, 0.2) is 11.5 Å². The Morgan fingerprint density at radius 1 is 0.688 bits per heavy atom. The lowest BCUT2D eigenvalue weighted by Crippen LogP contribution is -2.00. The highest BCUT2D eigenvalue weighted by Crippen LogP contribution is 2.17. The lowest BCUT2D eigenvalue weighted by molar-refractivity contribution is 0.531. The number of nitrogens with two attached hydrogens (primary N) is 1. The summed E-state index contributed by atoms with van der Waals surface area (Å²) < 4.78 is 2.09. The molecule has 0 radical (unpaired) electrons. The van der Waals surface area contributed by atoms with Crippen molar-refractivity contribution in [1.82, 2.24) is 19.5 Å². The second-order valence-electron chi connectivity index (χ2n) is 9.14. The summed E-state index contributed by atoms with van der Waals surface area (Å²) in [6.07, 6.45) is 27.4. The molecule has 2 rings (SSSR count). The predicted molar refractivity (Wildman–Crippen MR) is 141 cm³/mol. The first-order valence-corrected chi connectivity index (χ1v) is 14.5. The molecule has 0 aromatic carbocycles. The van der Waals surface area contributed by atoms with Crippen LogP contribution < -0.4 is 5.73 Å². The number of imidazole rings is 1. The molecular formula is C26H47N5S. The van der Waals surface area contributed by atoms with Gasteiger partial charge in [0, 0.05) is 6.54 Å².